The Morgan fingerprint density at radius 3 is 3.06 bits per heavy atom. The smallest absolute Gasteiger partial charge is 0.119 e. The molecule has 2 aliphatic rings. The van der Waals surface area contributed by atoms with Gasteiger partial charge < -0.3 is 10.1 Å². The van der Waals surface area contributed by atoms with Crippen molar-refractivity contribution in [3.8, 4) is 5.75 Å². The Balaban J connectivity index is 1.89. The number of benzene rings is 1. The molecule has 2 nitrogen and oxygen atoms in total. The molecule has 0 aromatic heterocycles. The van der Waals surface area contributed by atoms with Crippen LogP contribution in [0.4, 0.5) is 0 Å². The summed E-state index contributed by atoms with van der Waals surface area (Å²) in [6, 6.07) is 7.25. The van der Waals surface area contributed by atoms with Crippen molar-refractivity contribution < 1.29 is 4.74 Å². The van der Waals surface area contributed by atoms with Gasteiger partial charge in [-0.05, 0) is 61.4 Å². The summed E-state index contributed by atoms with van der Waals surface area (Å²) in [5, 5.41) is 3.66. The monoisotopic (exact) mass is 217 g/mol. The van der Waals surface area contributed by atoms with Crippen molar-refractivity contribution in [2.75, 3.05) is 13.7 Å². The van der Waals surface area contributed by atoms with E-state index in [-0.39, 0.29) is 0 Å². The summed E-state index contributed by atoms with van der Waals surface area (Å²) in [6.45, 7) is 1.19. The lowest BCUT2D eigenvalue weighted by molar-refractivity contribution is 0.263. The van der Waals surface area contributed by atoms with Crippen molar-refractivity contribution in [1.82, 2.24) is 5.32 Å². The molecule has 1 aromatic carbocycles. The maximum absolute atomic E-state index is 5.30. The summed E-state index contributed by atoms with van der Waals surface area (Å²) in [4.78, 5) is 0. The van der Waals surface area contributed by atoms with Crippen molar-refractivity contribution in [2.45, 2.75) is 31.7 Å². The standard InChI is InChI=1S/C14H19NO/c1-16-13-5-4-10-7-11-3-2-6-15-14(11)9-12(10)8-13/h4-5,8,11,14-15H,2-3,6-7,9H2,1H3/t11-,14-/m1/s1. The lowest BCUT2D eigenvalue weighted by Gasteiger charge is -2.37. The number of ether oxygens (including phenoxy) is 1. The van der Waals surface area contributed by atoms with Crippen LogP contribution in [0.5, 0.6) is 5.75 Å². The molecule has 0 bridgehead atoms. The molecule has 1 aliphatic heterocycles. The van der Waals surface area contributed by atoms with Crippen LogP contribution in [-0.2, 0) is 12.8 Å². The quantitative estimate of drug-likeness (QED) is 0.778. The van der Waals surface area contributed by atoms with E-state index in [9.17, 15) is 0 Å². The maximum Gasteiger partial charge on any atom is 0.119 e. The van der Waals surface area contributed by atoms with Crippen LogP contribution >= 0.6 is 0 Å². The highest BCUT2D eigenvalue weighted by Gasteiger charge is 2.30. The van der Waals surface area contributed by atoms with E-state index in [4.69, 9.17) is 4.74 Å². The van der Waals surface area contributed by atoms with Gasteiger partial charge in [-0.1, -0.05) is 6.07 Å². The van der Waals surface area contributed by atoms with E-state index in [1.165, 1.54) is 43.4 Å². The van der Waals surface area contributed by atoms with Gasteiger partial charge in [0.15, 0.2) is 0 Å². The molecule has 2 atom stereocenters. The third-order valence-corrected chi connectivity index (χ3v) is 4.06. The third kappa shape index (κ3) is 1.71. The van der Waals surface area contributed by atoms with E-state index >= 15 is 0 Å². The van der Waals surface area contributed by atoms with Crippen LogP contribution in [0.3, 0.4) is 0 Å². The van der Waals surface area contributed by atoms with Crippen LogP contribution < -0.4 is 10.1 Å². The molecule has 0 saturated carbocycles. The highest BCUT2D eigenvalue weighted by atomic mass is 16.5. The second kappa shape index (κ2) is 4.10. The van der Waals surface area contributed by atoms with Gasteiger partial charge in [-0.3, -0.25) is 0 Å². The van der Waals surface area contributed by atoms with E-state index < -0.39 is 0 Å². The number of hydrogen-bond acceptors (Lipinski definition) is 2. The summed E-state index contributed by atoms with van der Waals surface area (Å²) < 4.78 is 5.30. The molecular formula is C14H19NO. The zero-order chi connectivity index (χ0) is 11.0. The Morgan fingerprint density at radius 1 is 1.25 bits per heavy atom. The van der Waals surface area contributed by atoms with Gasteiger partial charge in [0.05, 0.1) is 7.11 Å². The molecule has 1 heterocycles. The minimum Gasteiger partial charge on any atom is -0.497 e. The topological polar surface area (TPSA) is 21.3 Å². The number of piperidine rings is 1. The van der Waals surface area contributed by atoms with E-state index in [0.29, 0.717) is 6.04 Å². The fraction of sp³-hybridized carbons (Fsp3) is 0.571. The number of methoxy groups -OCH3 is 1. The van der Waals surface area contributed by atoms with E-state index in [1.807, 2.05) is 0 Å². The molecule has 0 radical (unpaired) electrons. The fourth-order valence-corrected chi connectivity index (χ4v) is 3.14. The average molecular weight is 217 g/mol. The number of rotatable bonds is 1. The summed E-state index contributed by atoms with van der Waals surface area (Å²) in [5.41, 5.74) is 3.01. The van der Waals surface area contributed by atoms with Crippen molar-refractivity contribution in [3.63, 3.8) is 0 Å². The molecule has 3 rings (SSSR count). The lowest BCUT2D eigenvalue weighted by Crippen LogP contribution is -2.45. The minimum atomic E-state index is 0.702. The van der Waals surface area contributed by atoms with Gasteiger partial charge in [0, 0.05) is 6.04 Å². The Hall–Kier alpha value is -1.02. The van der Waals surface area contributed by atoms with Gasteiger partial charge in [0.1, 0.15) is 5.75 Å². The Labute approximate surface area is 97.0 Å². The molecule has 2 heteroatoms. The summed E-state index contributed by atoms with van der Waals surface area (Å²) in [7, 11) is 1.74. The van der Waals surface area contributed by atoms with Crippen LogP contribution in [0.25, 0.3) is 0 Å². The third-order valence-electron chi connectivity index (χ3n) is 4.06. The van der Waals surface area contributed by atoms with Gasteiger partial charge in [0.2, 0.25) is 0 Å². The lowest BCUT2D eigenvalue weighted by atomic mass is 9.76. The Bertz CT molecular complexity index is 388. The summed E-state index contributed by atoms with van der Waals surface area (Å²) in [5.74, 6) is 1.85. The van der Waals surface area contributed by atoms with Gasteiger partial charge in [0.25, 0.3) is 0 Å². The molecule has 16 heavy (non-hydrogen) atoms. The van der Waals surface area contributed by atoms with E-state index in [1.54, 1.807) is 7.11 Å². The molecule has 0 amide bonds. The van der Waals surface area contributed by atoms with Crippen molar-refractivity contribution >= 4 is 0 Å². The van der Waals surface area contributed by atoms with Gasteiger partial charge >= 0.3 is 0 Å². The first-order chi connectivity index (χ1) is 7.86. The molecule has 1 aliphatic carbocycles. The van der Waals surface area contributed by atoms with Gasteiger partial charge in [-0.2, -0.15) is 0 Å². The number of nitrogens with one attached hydrogen (secondary N) is 1. The van der Waals surface area contributed by atoms with Gasteiger partial charge in [-0.15, -0.1) is 0 Å². The zero-order valence-corrected chi connectivity index (χ0v) is 9.83. The maximum atomic E-state index is 5.30. The summed E-state index contributed by atoms with van der Waals surface area (Å²) >= 11 is 0. The highest BCUT2D eigenvalue weighted by molar-refractivity contribution is 5.38. The van der Waals surface area contributed by atoms with Crippen LogP contribution in [0.1, 0.15) is 24.0 Å². The molecular weight excluding hydrogens is 198 g/mol. The fourth-order valence-electron chi connectivity index (χ4n) is 3.14. The first kappa shape index (κ1) is 10.2. The normalized spacial score (nSPS) is 28.1. The first-order valence-electron chi connectivity index (χ1n) is 6.26. The molecule has 86 valence electrons. The molecule has 1 fully saturated rings. The van der Waals surface area contributed by atoms with E-state index in [2.05, 4.69) is 23.5 Å². The highest BCUT2D eigenvalue weighted by Crippen LogP contribution is 2.32. The summed E-state index contributed by atoms with van der Waals surface area (Å²) in [6.07, 6.45) is 5.16. The second-order valence-corrected chi connectivity index (χ2v) is 5.01. The van der Waals surface area contributed by atoms with Crippen molar-refractivity contribution in [2.24, 2.45) is 5.92 Å². The Kier molecular flexibility index (Phi) is 2.60. The van der Waals surface area contributed by atoms with Crippen LogP contribution in [0, 0.1) is 5.92 Å². The largest absolute Gasteiger partial charge is 0.497 e. The molecule has 1 N–H and O–H groups in total. The predicted molar refractivity (Wildman–Crippen MR) is 64.9 cm³/mol. The zero-order valence-electron chi connectivity index (χ0n) is 9.83. The van der Waals surface area contributed by atoms with Crippen LogP contribution in [-0.4, -0.2) is 19.7 Å². The van der Waals surface area contributed by atoms with Crippen molar-refractivity contribution in [1.29, 1.82) is 0 Å². The number of hydrogen-bond donors (Lipinski definition) is 1. The van der Waals surface area contributed by atoms with Crippen LogP contribution in [0.15, 0.2) is 18.2 Å². The minimum absolute atomic E-state index is 0.702. The molecule has 0 unspecified atom stereocenters. The van der Waals surface area contributed by atoms with Crippen molar-refractivity contribution in [3.05, 3.63) is 29.3 Å². The molecule has 0 spiro atoms. The molecule has 1 aromatic rings. The Morgan fingerprint density at radius 2 is 2.19 bits per heavy atom. The predicted octanol–water partition coefficient (Wildman–Crippen LogP) is 2.16. The number of fused-ring (bicyclic) bond motifs is 2. The first-order valence-corrected chi connectivity index (χ1v) is 6.26. The van der Waals surface area contributed by atoms with Gasteiger partial charge in [-0.25, -0.2) is 0 Å². The van der Waals surface area contributed by atoms with E-state index in [0.717, 1.165) is 11.7 Å². The molecule has 1 saturated heterocycles. The second-order valence-electron chi connectivity index (χ2n) is 5.01. The SMILES string of the molecule is COc1ccc2c(c1)C[C@H]1NCCC[C@@H]1C2. The average Bonchev–Trinajstić information content (AvgIpc) is 2.35. The van der Waals surface area contributed by atoms with Crippen LogP contribution in [0.2, 0.25) is 0 Å².